The number of nitriles is 3. The van der Waals surface area contributed by atoms with E-state index in [-0.39, 0.29) is 35.9 Å². The van der Waals surface area contributed by atoms with Gasteiger partial charge in [-0.2, -0.15) is 15.8 Å². The second-order valence-electron chi connectivity index (χ2n) is 37.4. The van der Waals surface area contributed by atoms with Crippen LogP contribution in [0.3, 0.4) is 0 Å². The smallest absolute Gasteiger partial charge is 0.399 e. The summed E-state index contributed by atoms with van der Waals surface area (Å²) in [4.78, 5) is 92.0. The van der Waals surface area contributed by atoms with Crippen molar-refractivity contribution in [3.05, 3.63) is 128 Å². The number of halogens is 3. The summed E-state index contributed by atoms with van der Waals surface area (Å²) in [6.07, 6.45) is 39.6. The van der Waals surface area contributed by atoms with Gasteiger partial charge >= 0.3 is 109 Å². The van der Waals surface area contributed by atoms with Crippen molar-refractivity contribution in [2.45, 2.75) is 263 Å². The fourth-order valence-electron chi connectivity index (χ4n) is 18.0. The molecule has 0 radical (unpaired) electrons. The van der Waals surface area contributed by atoms with Crippen LogP contribution in [0.1, 0.15) is 260 Å². The maximum Gasteiger partial charge on any atom is 0.496 e. The van der Waals surface area contributed by atoms with Crippen LogP contribution in [0.5, 0.6) is 0 Å². The first-order valence-corrected chi connectivity index (χ1v) is 54.4. The topological polar surface area (TPSA) is 276 Å². The minimum atomic E-state index is -1.85. The Hall–Kier alpha value is -7.90. The molecule has 28 heteroatoms. The summed E-state index contributed by atoms with van der Waals surface area (Å²) in [5.74, 6) is 6.99. The number of piperazine rings is 3. The Balaban J connectivity index is 0.000000126. The second kappa shape index (κ2) is 38.9. The Morgan fingerprint density at radius 2 is 0.811 bits per heavy atom. The molecule has 6 aromatic rings. The predicted molar refractivity (Wildman–Crippen MR) is 482 cm³/mol. The average Bonchev–Trinajstić information content (AvgIpc) is 1.57. The molecule has 13 aliphatic rings. The molecule has 3 atom stereocenters. The number of hydrogen-bond donors (Lipinski definition) is 0. The van der Waals surface area contributed by atoms with Gasteiger partial charge in [0.2, 0.25) is 17.7 Å². The number of pyridine rings is 3. The summed E-state index contributed by atoms with van der Waals surface area (Å²) in [6.45, 7) is 29.8. The van der Waals surface area contributed by atoms with E-state index in [1.165, 1.54) is 95.6 Å². The Kier molecular flexibility index (Phi) is 28.4. The van der Waals surface area contributed by atoms with Crippen molar-refractivity contribution in [3.8, 4) is 40.7 Å². The number of carbonyl (C=O) groups is 3. The molecule has 122 heavy (non-hydrogen) atoms. The fourth-order valence-corrected chi connectivity index (χ4v) is 31.4. The van der Waals surface area contributed by atoms with Gasteiger partial charge in [-0.15, -0.1) is 0 Å². The van der Waals surface area contributed by atoms with E-state index >= 15 is 0 Å². The summed E-state index contributed by atoms with van der Waals surface area (Å²) in [6, 6.07) is 13.7. The van der Waals surface area contributed by atoms with Gasteiger partial charge in [-0.3, -0.25) is 29.3 Å². The first-order chi connectivity index (χ1) is 59.0. The molecule has 3 amide bonds. The number of nitrogens with zero attached hydrogens (tertiary/aromatic N) is 18. The van der Waals surface area contributed by atoms with Crippen LogP contribution in [0.4, 0.5) is 17.5 Å². The largest absolute Gasteiger partial charge is 0.496 e. The van der Waals surface area contributed by atoms with E-state index in [9.17, 15) is 30.2 Å². The number of carbonyl (C=O) groups excluding carboxylic acids is 3. The molecule has 9 aliphatic carbocycles. The molecule has 644 valence electrons. The second-order valence-corrected chi connectivity index (χ2v) is 51.8. The van der Waals surface area contributed by atoms with Gasteiger partial charge in [0.25, 0.3) is 0 Å². The summed E-state index contributed by atoms with van der Waals surface area (Å²) in [5.41, 5.74) is 8.58. The summed E-state index contributed by atoms with van der Waals surface area (Å²) >= 11 is 15.0. The Morgan fingerprint density at radius 1 is 0.467 bits per heavy atom. The van der Waals surface area contributed by atoms with Crippen molar-refractivity contribution in [2.75, 3.05) is 73.6 Å². The van der Waals surface area contributed by atoms with Gasteiger partial charge in [0.1, 0.15) is 51.1 Å². The maximum absolute atomic E-state index is 12.9. The molecule has 4 saturated heterocycles. The van der Waals surface area contributed by atoms with Gasteiger partial charge in [-0.1, -0.05) is 41.4 Å². The molecule has 4 aliphatic heterocycles. The molecule has 6 aromatic heterocycles. The van der Waals surface area contributed by atoms with Crippen molar-refractivity contribution in [2.24, 2.45) is 35.5 Å². The minimum Gasteiger partial charge on any atom is -0.399 e. The van der Waals surface area contributed by atoms with Gasteiger partial charge in [0.15, 0.2) is 0 Å². The van der Waals surface area contributed by atoms with Crippen molar-refractivity contribution >= 4 is 107 Å². The molecule has 0 spiro atoms. The zero-order valence-corrected chi connectivity index (χ0v) is 77.6. The van der Waals surface area contributed by atoms with Crippen LogP contribution in [0.25, 0.3) is 28.6 Å². The normalized spacial score (nSPS) is 22.1. The van der Waals surface area contributed by atoms with E-state index in [1.54, 1.807) is 38.0 Å². The van der Waals surface area contributed by atoms with E-state index in [1.807, 2.05) is 18.2 Å². The summed E-state index contributed by atoms with van der Waals surface area (Å²) in [5, 5.41) is 31.1. The van der Waals surface area contributed by atoms with E-state index in [0.717, 1.165) is 180 Å². The number of aromatic nitrogens is 9. The maximum atomic E-state index is 12.9. The SMILES string of the molecule is C=Cc1cncc(-c2cc(C#N)c(N3CCN(C(=O)C4CC4)[C@H](C4CC4)C3)nc2C2CC2)n1.C=[CH][Sn]([CH2]CCC)([CH2]CCC)[CH2]CCC.CC1(C)OB(c2cc(C#N)c(N3CCN(C(=O)C4CC4)[C@H](C4CC4)C3)nc2C2CC2)OC1(C)C.Clc1cncc(Cl)n1.N#Cc1cc(-c2cncc(Cl)n2)c(C2CC2)nc1N1CCN(C(=O)C2CC2)[C@H](C2CC2)C1. The number of hydrogen-bond acceptors (Lipinski definition) is 20. The van der Waals surface area contributed by atoms with Crippen molar-refractivity contribution < 1.29 is 23.7 Å². The van der Waals surface area contributed by atoms with Crippen molar-refractivity contribution in [1.82, 2.24) is 59.6 Å². The van der Waals surface area contributed by atoms with Crippen molar-refractivity contribution in [1.29, 1.82) is 15.8 Å². The predicted octanol–water partition coefficient (Wildman–Crippen LogP) is 17.9. The number of rotatable bonds is 26. The van der Waals surface area contributed by atoms with Gasteiger partial charge < -0.3 is 38.7 Å². The van der Waals surface area contributed by atoms with Crippen LogP contribution in [-0.4, -0.2) is 191 Å². The number of anilines is 3. The molecule has 9 saturated carbocycles. The van der Waals surface area contributed by atoms with E-state index in [4.69, 9.17) is 59.1 Å². The molecule has 19 rings (SSSR count). The van der Waals surface area contributed by atoms with Crippen LogP contribution in [0, 0.1) is 69.5 Å². The zero-order chi connectivity index (χ0) is 85.7. The van der Waals surface area contributed by atoms with E-state index in [2.05, 4.69) is 143 Å². The molecule has 13 fully saturated rings. The monoisotopic (exact) mass is 1820 g/mol. The molecule has 10 heterocycles. The van der Waals surface area contributed by atoms with Crippen LogP contribution in [-0.2, 0) is 23.7 Å². The average molecular weight is 1820 g/mol. The molecule has 0 N–H and O–H groups in total. The first-order valence-electron chi connectivity index (χ1n) is 45.6. The molecule has 23 nitrogen and oxygen atoms in total. The van der Waals surface area contributed by atoms with E-state index < -0.39 is 36.7 Å². The van der Waals surface area contributed by atoms with Gasteiger partial charge in [-0.25, -0.2) is 29.9 Å². The van der Waals surface area contributed by atoms with Gasteiger partial charge in [-0.05, 0) is 185 Å². The molecule has 0 bridgehead atoms. The molecular formula is C94H120BCl3N18O5Sn. The van der Waals surface area contributed by atoms with Crippen molar-refractivity contribution in [3.63, 3.8) is 0 Å². The standard InChI is InChI=1S/C26H35BN4O3.C26H28N6O.C24H25ClN6O.C4H2Cl2N2.3C4H9.C2H3.Sn/c1-25(2)26(3,4)34-27(33-25)20-13-19(14-28)23(29-22(20)17-7-8-17)30-11-12-31(24(32)18-9-10-18)21(15-30)16-5-6-16;1-2-20-13-28-14-22(29-20)21-11-19(12-27)25(30-24(21)17-5-6-17)31-9-10-32(26(33)18-7-8-18)23(15-31)16-3-4-16;25-21-12-27-11-19(28-21)18-9-17(10-26)23(29-22(18)15-3-4-15)30-7-8-31(24(32)16-5-6-16)20(13-30)14-1-2-14;5-3-1-7-2-4(6)8-3;3*1-3-4-2;1-2;/h13,16-18,21H,5-12,15H2,1-4H3;2,11,13-14,16-18,23H,1,3-10,15H2;9,11-12,14-16,20H,1-8,13H2;1-2H;3*1,3-4H2,2H3;1H,2H2;/t21-;23-;20-;;;;;;/m000....../s1. The Bertz CT molecular complexity index is 4890. The quantitative estimate of drug-likeness (QED) is 0.0456. The van der Waals surface area contributed by atoms with Crippen LogP contribution < -0.4 is 20.2 Å². The summed E-state index contributed by atoms with van der Waals surface area (Å²) < 4.78 is 19.9. The molecular weight excluding hydrogens is 1700 g/mol. The number of amides is 3. The van der Waals surface area contributed by atoms with Crippen LogP contribution in [0.2, 0.25) is 28.8 Å². The van der Waals surface area contributed by atoms with Gasteiger partial charge in [0, 0.05) is 117 Å². The van der Waals surface area contributed by atoms with E-state index in [0.29, 0.717) is 110 Å². The van der Waals surface area contributed by atoms with Gasteiger partial charge in [0.05, 0.1) is 112 Å². The first kappa shape index (κ1) is 88.9. The van der Waals surface area contributed by atoms with Crippen LogP contribution >= 0.6 is 34.8 Å². The zero-order valence-electron chi connectivity index (χ0n) is 72.5. The third-order valence-corrected chi connectivity index (χ3v) is 41.9. The van der Waals surface area contributed by atoms with Crippen LogP contribution in [0.15, 0.2) is 72.6 Å². The molecule has 0 unspecified atom stereocenters. The Labute approximate surface area is 741 Å². The minimum absolute atomic E-state index is 0.230. The fraction of sp³-hybridized carbons (Fsp3) is 0.606. The molecule has 0 aromatic carbocycles. The third kappa shape index (κ3) is 21.6. The number of unbranched alkanes of at least 4 members (excludes halogenated alkanes) is 3. The Morgan fingerprint density at radius 3 is 1.13 bits per heavy atom. The third-order valence-electron chi connectivity index (χ3n) is 27.3. The summed E-state index contributed by atoms with van der Waals surface area (Å²) in [7, 11) is -0.513.